The molecule has 1 aliphatic carbocycles. The summed E-state index contributed by atoms with van der Waals surface area (Å²) in [7, 11) is -3.42. The zero-order chi connectivity index (χ0) is 20.4. The maximum Gasteiger partial charge on any atom is 0.258 e. The molecule has 1 aromatic heterocycles. The summed E-state index contributed by atoms with van der Waals surface area (Å²) in [5.74, 6) is 0.207. The first kappa shape index (κ1) is 19.4. The van der Waals surface area contributed by atoms with Crippen LogP contribution >= 0.6 is 0 Å². The molecule has 2 N–H and O–H groups in total. The summed E-state index contributed by atoms with van der Waals surface area (Å²) in [6.45, 7) is 0. The number of nitrogens with one attached hydrogen (secondary N) is 2. The van der Waals surface area contributed by atoms with Crippen molar-refractivity contribution in [3.63, 3.8) is 0 Å². The van der Waals surface area contributed by atoms with Crippen LogP contribution in [0.1, 0.15) is 48.5 Å². The van der Waals surface area contributed by atoms with E-state index in [2.05, 4.69) is 19.6 Å². The zero-order valence-electron chi connectivity index (χ0n) is 16.3. The summed E-state index contributed by atoms with van der Waals surface area (Å²) < 4.78 is 27.5. The smallest absolute Gasteiger partial charge is 0.258 e. The molecule has 29 heavy (non-hydrogen) atoms. The molecular weight excluding hydrogens is 388 g/mol. The molecule has 3 aromatic rings. The lowest BCUT2D eigenvalue weighted by Gasteiger charge is -2.25. The summed E-state index contributed by atoms with van der Waals surface area (Å²) in [6.07, 6.45) is 6.79. The molecule has 8 heteroatoms. The van der Waals surface area contributed by atoms with Crippen molar-refractivity contribution >= 4 is 38.6 Å². The number of carbonyl (C=O) groups excluding carboxylic acids is 1. The number of amides is 1. The van der Waals surface area contributed by atoms with Crippen LogP contribution in [0, 0.1) is 0 Å². The van der Waals surface area contributed by atoms with Crippen LogP contribution in [0.3, 0.4) is 0 Å². The van der Waals surface area contributed by atoms with E-state index in [1.165, 1.54) is 25.3 Å². The number of nitrogens with zero attached hydrogens (tertiary/aromatic N) is 2. The van der Waals surface area contributed by atoms with Crippen LogP contribution in [0.4, 0.5) is 11.6 Å². The fourth-order valence-corrected chi connectivity index (χ4v) is 4.51. The molecule has 1 fully saturated rings. The van der Waals surface area contributed by atoms with Crippen molar-refractivity contribution < 1.29 is 13.2 Å². The second kappa shape index (κ2) is 7.87. The van der Waals surface area contributed by atoms with Gasteiger partial charge in [-0.05, 0) is 43.2 Å². The number of para-hydroxylation sites is 2. The minimum atomic E-state index is -3.42. The fraction of sp³-hybridized carbons (Fsp3) is 0.333. The minimum Gasteiger partial charge on any atom is -0.307 e. The molecule has 2 aromatic carbocycles. The summed E-state index contributed by atoms with van der Waals surface area (Å²) in [6, 6.07) is 14.6. The van der Waals surface area contributed by atoms with E-state index in [1.54, 1.807) is 18.2 Å². The van der Waals surface area contributed by atoms with Gasteiger partial charge >= 0.3 is 0 Å². The van der Waals surface area contributed by atoms with Gasteiger partial charge in [-0.1, -0.05) is 37.5 Å². The first-order chi connectivity index (χ1) is 13.9. The molecular formula is C21H24N4O3S. The lowest BCUT2D eigenvalue weighted by molar-refractivity contribution is 0.102. The Balaban J connectivity index is 1.65. The predicted molar refractivity (Wildman–Crippen MR) is 115 cm³/mol. The normalized spacial score (nSPS) is 15.3. The van der Waals surface area contributed by atoms with Gasteiger partial charge in [0.15, 0.2) is 0 Å². The largest absolute Gasteiger partial charge is 0.307 e. The molecule has 0 radical (unpaired) electrons. The molecule has 0 saturated heterocycles. The number of sulfonamides is 1. The van der Waals surface area contributed by atoms with E-state index in [1.807, 2.05) is 24.3 Å². The van der Waals surface area contributed by atoms with Gasteiger partial charge in [0.05, 0.1) is 17.3 Å². The highest BCUT2D eigenvalue weighted by Gasteiger charge is 2.22. The van der Waals surface area contributed by atoms with E-state index < -0.39 is 10.0 Å². The highest BCUT2D eigenvalue weighted by Crippen LogP contribution is 2.34. The summed E-state index contributed by atoms with van der Waals surface area (Å²) >= 11 is 0. The SMILES string of the molecule is CS(=O)(=O)Nc1cccc(C(=O)Nc2nc3ccccc3n2C2CCCCC2)c1. The van der Waals surface area contributed by atoms with E-state index >= 15 is 0 Å². The Kier molecular flexibility index (Phi) is 5.27. The number of hydrogen-bond acceptors (Lipinski definition) is 4. The van der Waals surface area contributed by atoms with Gasteiger partial charge in [-0.25, -0.2) is 13.4 Å². The molecule has 0 bridgehead atoms. The maximum absolute atomic E-state index is 12.9. The van der Waals surface area contributed by atoms with E-state index in [0.717, 1.165) is 30.1 Å². The number of rotatable bonds is 5. The first-order valence-corrected chi connectivity index (χ1v) is 11.7. The Labute approximate surface area is 170 Å². The Bertz CT molecular complexity index is 1150. The highest BCUT2D eigenvalue weighted by atomic mass is 32.2. The summed E-state index contributed by atoms with van der Waals surface area (Å²) in [5.41, 5.74) is 2.57. The topological polar surface area (TPSA) is 93.1 Å². The van der Waals surface area contributed by atoms with Gasteiger partial charge in [-0.2, -0.15) is 0 Å². The van der Waals surface area contributed by atoms with Crippen LogP contribution in [0.25, 0.3) is 11.0 Å². The van der Waals surface area contributed by atoms with Crippen LogP contribution < -0.4 is 10.0 Å². The van der Waals surface area contributed by atoms with Crippen LogP contribution in [-0.2, 0) is 10.0 Å². The van der Waals surface area contributed by atoms with Gasteiger partial charge in [0.25, 0.3) is 5.91 Å². The highest BCUT2D eigenvalue weighted by molar-refractivity contribution is 7.92. The van der Waals surface area contributed by atoms with Crippen molar-refractivity contribution in [2.45, 2.75) is 38.1 Å². The molecule has 0 unspecified atom stereocenters. The Morgan fingerprint density at radius 3 is 2.59 bits per heavy atom. The van der Waals surface area contributed by atoms with Crippen molar-refractivity contribution in [2.24, 2.45) is 0 Å². The number of fused-ring (bicyclic) bond motifs is 1. The molecule has 0 aliphatic heterocycles. The summed E-state index contributed by atoms with van der Waals surface area (Å²) in [4.78, 5) is 17.6. The molecule has 7 nitrogen and oxygen atoms in total. The predicted octanol–water partition coefficient (Wildman–Crippen LogP) is 4.17. The fourth-order valence-electron chi connectivity index (χ4n) is 3.95. The van der Waals surface area contributed by atoms with Crippen LogP contribution in [0.2, 0.25) is 0 Å². The average Bonchev–Trinajstić information content (AvgIpc) is 3.05. The molecule has 0 atom stereocenters. The second-order valence-corrected chi connectivity index (χ2v) is 9.24. The maximum atomic E-state index is 12.9. The quantitative estimate of drug-likeness (QED) is 0.658. The first-order valence-electron chi connectivity index (χ1n) is 9.77. The van der Waals surface area contributed by atoms with Crippen molar-refractivity contribution in [1.29, 1.82) is 0 Å². The van der Waals surface area contributed by atoms with Crippen LogP contribution in [0.5, 0.6) is 0 Å². The Hall–Kier alpha value is -2.87. The van der Waals surface area contributed by atoms with Crippen LogP contribution in [-0.4, -0.2) is 30.1 Å². The third-order valence-corrected chi connectivity index (χ3v) is 5.80. The van der Waals surface area contributed by atoms with E-state index in [-0.39, 0.29) is 5.91 Å². The molecule has 1 heterocycles. The van der Waals surface area contributed by atoms with Gasteiger partial charge in [0, 0.05) is 17.3 Å². The number of benzene rings is 2. The molecule has 152 valence electrons. The van der Waals surface area contributed by atoms with E-state index in [9.17, 15) is 13.2 Å². The lowest BCUT2D eigenvalue weighted by Crippen LogP contribution is -2.20. The number of aromatic nitrogens is 2. The van der Waals surface area contributed by atoms with Gasteiger partial charge in [0.2, 0.25) is 16.0 Å². The number of anilines is 2. The molecule has 0 spiro atoms. The Morgan fingerprint density at radius 2 is 1.83 bits per heavy atom. The molecule has 4 rings (SSSR count). The van der Waals surface area contributed by atoms with Gasteiger partial charge in [0.1, 0.15) is 0 Å². The molecule has 1 aliphatic rings. The standard InChI is InChI=1S/C21H24N4O3S/c1-29(27,28)24-16-9-7-8-15(14-16)20(26)23-21-22-18-12-5-6-13-19(18)25(21)17-10-3-2-4-11-17/h5-9,12-14,17,24H,2-4,10-11H2,1H3,(H,22,23,26). The lowest BCUT2D eigenvalue weighted by atomic mass is 9.95. The monoisotopic (exact) mass is 412 g/mol. The Morgan fingerprint density at radius 1 is 1.07 bits per heavy atom. The third kappa shape index (κ3) is 4.42. The van der Waals surface area contributed by atoms with E-state index in [0.29, 0.717) is 23.2 Å². The van der Waals surface area contributed by atoms with Crippen molar-refractivity contribution in [2.75, 3.05) is 16.3 Å². The number of imidazole rings is 1. The van der Waals surface area contributed by atoms with Crippen LogP contribution in [0.15, 0.2) is 48.5 Å². The van der Waals surface area contributed by atoms with Gasteiger partial charge < -0.3 is 4.57 Å². The number of carbonyl (C=O) groups is 1. The molecule has 1 amide bonds. The van der Waals surface area contributed by atoms with Gasteiger partial charge in [-0.15, -0.1) is 0 Å². The third-order valence-electron chi connectivity index (χ3n) is 5.19. The number of hydrogen-bond donors (Lipinski definition) is 2. The van der Waals surface area contributed by atoms with Crippen molar-refractivity contribution in [3.05, 3.63) is 54.1 Å². The van der Waals surface area contributed by atoms with Gasteiger partial charge in [-0.3, -0.25) is 14.8 Å². The summed E-state index contributed by atoms with van der Waals surface area (Å²) in [5, 5.41) is 2.94. The minimum absolute atomic E-state index is 0.310. The second-order valence-electron chi connectivity index (χ2n) is 7.50. The van der Waals surface area contributed by atoms with Crippen molar-refractivity contribution in [3.8, 4) is 0 Å². The average molecular weight is 413 g/mol. The van der Waals surface area contributed by atoms with Crippen molar-refractivity contribution in [1.82, 2.24) is 9.55 Å². The van der Waals surface area contributed by atoms with E-state index in [4.69, 9.17) is 0 Å². The zero-order valence-corrected chi connectivity index (χ0v) is 17.1. The molecule has 1 saturated carbocycles.